The number of rotatable bonds is 7. The standard InChI is InChI=1S/C27H27N3O4.C2H7N/c1-18-7-11-22(12-8-18)28-26(33)20-9-10-21-17-30(14-13-19-5-3-2-4-6-19)27(34)24(16-25(31)32)29-23(21)15-20;1-3-2/h2-12,15,24,29H,13-14,16-17H2,1H3,(H,28,33)(H,31,32);3H,1-2H3. The van der Waals surface area contributed by atoms with Gasteiger partial charge in [-0.25, -0.2) is 0 Å². The molecule has 0 aromatic heterocycles. The largest absolute Gasteiger partial charge is 0.481 e. The van der Waals surface area contributed by atoms with Gasteiger partial charge < -0.3 is 26.0 Å². The SMILES string of the molecule is CNC.Cc1ccc(NC(=O)c2ccc3c(c2)NC(CC(=O)O)C(=O)N(CCc2ccccc2)C3)cc1. The number of carboxylic acid groups (broad SMARTS) is 1. The molecule has 0 spiro atoms. The zero-order valence-corrected chi connectivity index (χ0v) is 21.5. The Labute approximate surface area is 217 Å². The molecule has 0 radical (unpaired) electrons. The maximum absolute atomic E-state index is 13.2. The molecule has 8 heteroatoms. The second-order valence-electron chi connectivity index (χ2n) is 8.98. The van der Waals surface area contributed by atoms with E-state index in [-0.39, 0.29) is 18.2 Å². The van der Waals surface area contributed by atoms with E-state index in [4.69, 9.17) is 0 Å². The lowest BCUT2D eigenvalue weighted by molar-refractivity contribution is -0.141. The molecule has 3 aromatic carbocycles. The first-order valence-electron chi connectivity index (χ1n) is 12.2. The van der Waals surface area contributed by atoms with Gasteiger partial charge >= 0.3 is 5.97 Å². The van der Waals surface area contributed by atoms with Crippen LogP contribution in [0.4, 0.5) is 11.4 Å². The predicted molar refractivity (Wildman–Crippen MR) is 146 cm³/mol. The van der Waals surface area contributed by atoms with E-state index in [2.05, 4.69) is 16.0 Å². The highest BCUT2D eigenvalue weighted by atomic mass is 16.4. The van der Waals surface area contributed by atoms with E-state index in [9.17, 15) is 19.5 Å². The molecule has 0 aliphatic carbocycles. The summed E-state index contributed by atoms with van der Waals surface area (Å²) in [6.07, 6.45) is 0.318. The van der Waals surface area contributed by atoms with Gasteiger partial charge in [0.05, 0.1) is 6.42 Å². The molecule has 1 aliphatic heterocycles. The predicted octanol–water partition coefficient (Wildman–Crippen LogP) is 3.92. The highest BCUT2D eigenvalue weighted by molar-refractivity contribution is 6.05. The Morgan fingerprint density at radius 2 is 1.70 bits per heavy atom. The minimum atomic E-state index is -1.06. The Kier molecular flexibility index (Phi) is 9.80. The number of nitrogens with zero attached hydrogens (tertiary/aromatic N) is 1. The maximum atomic E-state index is 13.2. The summed E-state index contributed by atoms with van der Waals surface area (Å²) in [7, 11) is 3.75. The molecule has 0 bridgehead atoms. The molecule has 37 heavy (non-hydrogen) atoms. The van der Waals surface area contributed by atoms with E-state index >= 15 is 0 Å². The van der Waals surface area contributed by atoms with Gasteiger partial charge in [0.2, 0.25) is 5.91 Å². The van der Waals surface area contributed by atoms with E-state index in [0.717, 1.165) is 16.7 Å². The number of carbonyl (C=O) groups is 3. The first-order valence-corrected chi connectivity index (χ1v) is 12.2. The number of aryl methyl sites for hydroxylation is 1. The molecule has 1 atom stereocenters. The number of fused-ring (bicyclic) bond motifs is 1. The van der Waals surface area contributed by atoms with E-state index in [1.165, 1.54) is 0 Å². The van der Waals surface area contributed by atoms with E-state index < -0.39 is 12.0 Å². The van der Waals surface area contributed by atoms with Gasteiger partial charge in [-0.05, 0) is 62.8 Å². The van der Waals surface area contributed by atoms with Crippen molar-refractivity contribution in [3.05, 3.63) is 95.1 Å². The fourth-order valence-electron chi connectivity index (χ4n) is 3.99. The molecule has 2 amide bonds. The van der Waals surface area contributed by atoms with Gasteiger partial charge in [-0.3, -0.25) is 14.4 Å². The van der Waals surface area contributed by atoms with Gasteiger partial charge in [-0.1, -0.05) is 54.1 Å². The van der Waals surface area contributed by atoms with Crippen LogP contribution in [0.5, 0.6) is 0 Å². The molecular weight excluding hydrogens is 468 g/mol. The normalized spacial score (nSPS) is 14.4. The van der Waals surface area contributed by atoms with Crippen LogP contribution in [0.3, 0.4) is 0 Å². The minimum absolute atomic E-state index is 0.264. The third-order valence-electron chi connectivity index (χ3n) is 5.87. The Hall–Kier alpha value is -4.17. The molecule has 1 aliphatic rings. The lowest BCUT2D eigenvalue weighted by atomic mass is 10.1. The average molecular weight is 503 g/mol. The van der Waals surface area contributed by atoms with Crippen molar-refractivity contribution < 1.29 is 19.5 Å². The summed E-state index contributed by atoms with van der Waals surface area (Å²) in [5.41, 5.74) is 4.74. The summed E-state index contributed by atoms with van der Waals surface area (Å²) in [6.45, 7) is 2.78. The van der Waals surface area contributed by atoms with Crippen molar-refractivity contribution in [1.82, 2.24) is 10.2 Å². The van der Waals surface area contributed by atoms with Gasteiger partial charge in [-0.15, -0.1) is 0 Å². The highest BCUT2D eigenvalue weighted by Crippen LogP contribution is 2.26. The second kappa shape index (κ2) is 13.2. The van der Waals surface area contributed by atoms with Gasteiger partial charge in [0.25, 0.3) is 5.91 Å². The highest BCUT2D eigenvalue weighted by Gasteiger charge is 2.31. The molecule has 0 saturated heterocycles. The molecule has 4 rings (SSSR count). The van der Waals surface area contributed by atoms with E-state index in [1.54, 1.807) is 17.0 Å². The number of amides is 2. The van der Waals surface area contributed by atoms with Crippen LogP contribution in [0.15, 0.2) is 72.8 Å². The minimum Gasteiger partial charge on any atom is -0.481 e. The van der Waals surface area contributed by atoms with Crippen molar-refractivity contribution in [1.29, 1.82) is 0 Å². The van der Waals surface area contributed by atoms with Crippen LogP contribution in [0, 0.1) is 6.92 Å². The van der Waals surface area contributed by atoms with Crippen LogP contribution < -0.4 is 16.0 Å². The summed E-state index contributed by atoms with van der Waals surface area (Å²) >= 11 is 0. The number of benzene rings is 3. The smallest absolute Gasteiger partial charge is 0.305 e. The van der Waals surface area contributed by atoms with Gasteiger partial charge in [0, 0.05) is 30.0 Å². The zero-order chi connectivity index (χ0) is 26.8. The number of hydrogen-bond donors (Lipinski definition) is 4. The quantitative estimate of drug-likeness (QED) is 0.390. The number of aliphatic carboxylic acids is 1. The van der Waals surface area contributed by atoms with Crippen LogP contribution >= 0.6 is 0 Å². The first kappa shape index (κ1) is 27.4. The van der Waals surface area contributed by atoms with Crippen molar-refractivity contribution in [3.63, 3.8) is 0 Å². The van der Waals surface area contributed by atoms with E-state index in [1.807, 2.05) is 81.7 Å². The summed E-state index contributed by atoms with van der Waals surface area (Å²) in [4.78, 5) is 39.1. The average Bonchev–Trinajstić information content (AvgIpc) is 3.00. The molecule has 194 valence electrons. The van der Waals surface area contributed by atoms with Gasteiger partial charge in [-0.2, -0.15) is 0 Å². The first-order chi connectivity index (χ1) is 17.8. The molecule has 8 nitrogen and oxygen atoms in total. The molecule has 3 aromatic rings. The molecule has 1 heterocycles. The Morgan fingerprint density at radius 3 is 2.35 bits per heavy atom. The Morgan fingerprint density at radius 1 is 1.03 bits per heavy atom. The number of carbonyl (C=O) groups excluding carboxylic acids is 2. The number of anilines is 2. The monoisotopic (exact) mass is 502 g/mol. The summed E-state index contributed by atoms with van der Waals surface area (Å²) < 4.78 is 0. The van der Waals surface area contributed by atoms with Crippen LogP contribution in [0.2, 0.25) is 0 Å². The zero-order valence-electron chi connectivity index (χ0n) is 21.5. The van der Waals surface area contributed by atoms with Crippen molar-refractivity contribution in [3.8, 4) is 0 Å². The summed E-state index contributed by atoms with van der Waals surface area (Å²) in [6, 6.07) is 21.7. The van der Waals surface area contributed by atoms with Crippen LogP contribution in [-0.4, -0.2) is 54.5 Å². The van der Waals surface area contributed by atoms with Crippen molar-refractivity contribution in [2.24, 2.45) is 0 Å². The number of hydrogen-bond acceptors (Lipinski definition) is 5. The van der Waals surface area contributed by atoms with Crippen molar-refractivity contribution in [2.75, 3.05) is 31.3 Å². The topological polar surface area (TPSA) is 111 Å². The van der Waals surface area contributed by atoms with Crippen LogP contribution in [0.25, 0.3) is 0 Å². The summed E-state index contributed by atoms with van der Waals surface area (Å²) in [5.74, 6) is -1.61. The summed E-state index contributed by atoms with van der Waals surface area (Å²) in [5, 5.41) is 18.1. The lowest BCUT2D eigenvalue weighted by Crippen LogP contribution is -2.42. The fraction of sp³-hybridized carbons (Fsp3) is 0.276. The van der Waals surface area contributed by atoms with E-state index in [0.29, 0.717) is 36.4 Å². The van der Waals surface area contributed by atoms with Crippen LogP contribution in [-0.2, 0) is 22.6 Å². The number of carboxylic acids is 1. The lowest BCUT2D eigenvalue weighted by Gasteiger charge is -2.24. The van der Waals surface area contributed by atoms with Gasteiger partial charge in [0.1, 0.15) is 6.04 Å². The van der Waals surface area contributed by atoms with Gasteiger partial charge in [0.15, 0.2) is 0 Å². The Balaban J connectivity index is 0.00000121. The third kappa shape index (κ3) is 7.91. The third-order valence-corrected chi connectivity index (χ3v) is 5.87. The van der Waals surface area contributed by atoms with Crippen LogP contribution in [0.1, 0.15) is 33.5 Å². The van der Waals surface area contributed by atoms with Crippen molar-refractivity contribution in [2.45, 2.75) is 32.4 Å². The molecule has 4 N–H and O–H groups in total. The number of nitrogens with one attached hydrogen (secondary N) is 3. The fourth-order valence-corrected chi connectivity index (χ4v) is 3.99. The molecular formula is C29H34N4O4. The maximum Gasteiger partial charge on any atom is 0.305 e. The molecule has 1 unspecified atom stereocenters. The Bertz CT molecular complexity index is 1210. The second-order valence-corrected chi connectivity index (χ2v) is 8.98. The molecule has 0 saturated carbocycles. The molecule has 0 fully saturated rings. The van der Waals surface area contributed by atoms with Crippen molar-refractivity contribution >= 4 is 29.2 Å².